The number of benzene rings is 2. The van der Waals surface area contributed by atoms with Gasteiger partial charge in [-0.25, -0.2) is 4.79 Å². The monoisotopic (exact) mass is 386 g/mol. The van der Waals surface area contributed by atoms with Crippen molar-refractivity contribution in [2.24, 2.45) is 0 Å². The molecule has 0 saturated heterocycles. The van der Waals surface area contributed by atoms with E-state index in [1.807, 2.05) is 31.2 Å². The molecule has 1 heterocycles. The Balaban J connectivity index is 2.20. The van der Waals surface area contributed by atoms with Crippen LogP contribution in [0.5, 0.6) is 0 Å². The fraction of sp³-hybridized carbons (Fsp3) is 0.105. The van der Waals surface area contributed by atoms with Crippen LogP contribution in [-0.4, -0.2) is 19.8 Å². The molecule has 26 heavy (non-hydrogen) atoms. The van der Waals surface area contributed by atoms with E-state index in [0.717, 1.165) is 32.3 Å². The Morgan fingerprint density at radius 1 is 1.08 bits per heavy atom. The summed E-state index contributed by atoms with van der Waals surface area (Å²) in [6.45, 7) is 3.73. The van der Waals surface area contributed by atoms with E-state index in [2.05, 4.69) is 0 Å². The number of anilines is 2. The van der Waals surface area contributed by atoms with Gasteiger partial charge in [0, 0.05) is 4.88 Å². The van der Waals surface area contributed by atoms with Gasteiger partial charge in [0.05, 0.1) is 22.6 Å². The number of aromatic carboxylic acids is 1. The highest BCUT2D eigenvalue weighted by molar-refractivity contribution is 7.81. The number of thiophene rings is 1. The van der Waals surface area contributed by atoms with E-state index in [1.165, 1.54) is 0 Å². The lowest BCUT2D eigenvalue weighted by Crippen LogP contribution is -2.21. The third-order valence-corrected chi connectivity index (χ3v) is 5.76. The molecule has 1 atom stereocenters. The van der Waals surface area contributed by atoms with Crippen molar-refractivity contribution in [1.29, 1.82) is 0 Å². The number of aryl methyl sites for hydroxylation is 2. The van der Waals surface area contributed by atoms with Crippen LogP contribution in [0.25, 0.3) is 10.4 Å². The Morgan fingerprint density at radius 3 is 2.42 bits per heavy atom. The van der Waals surface area contributed by atoms with Crippen LogP contribution < -0.4 is 4.31 Å². The van der Waals surface area contributed by atoms with E-state index >= 15 is 0 Å². The van der Waals surface area contributed by atoms with Gasteiger partial charge in [0.1, 0.15) is 4.88 Å². The Bertz CT molecular complexity index is 997. The van der Waals surface area contributed by atoms with Gasteiger partial charge in [-0.1, -0.05) is 48.0 Å². The van der Waals surface area contributed by atoms with Gasteiger partial charge in [-0.05, 0) is 37.1 Å². The minimum atomic E-state index is -2.66. The van der Waals surface area contributed by atoms with Crippen LogP contribution in [0.4, 0.5) is 11.4 Å². The molecule has 1 unspecified atom stereocenters. The van der Waals surface area contributed by atoms with Crippen LogP contribution in [0.15, 0.2) is 54.6 Å². The lowest BCUT2D eigenvalue weighted by Gasteiger charge is -2.27. The first-order valence-electron chi connectivity index (χ1n) is 7.78. The highest BCUT2D eigenvalue weighted by Crippen LogP contribution is 2.41. The number of hydrogen-bond donors (Lipinski definition) is 1. The summed E-state index contributed by atoms with van der Waals surface area (Å²) >= 11 is -1.60. The van der Waals surface area contributed by atoms with E-state index in [-0.39, 0.29) is 10.6 Å². The summed E-state index contributed by atoms with van der Waals surface area (Å²) in [5.74, 6) is -1.16. The lowest BCUT2D eigenvalue weighted by molar-refractivity contribution is 0.0703. The first-order valence-corrected chi connectivity index (χ1v) is 9.62. The SMILES string of the molecule is Cc1cccc(-c2cc(N(c3ccccc3C)S(=O)[O-])c(C(=O)O)s2)c1. The molecular formula is C19H16NO4S2-. The maximum atomic E-state index is 12.0. The van der Waals surface area contributed by atoms with Crippen LogP contribution >= 0.6 is 11.3 Å². The molecule has 0 fully saturated rings. The Labute approximate surface area is 158 Å². The van der Waals surface area contributed by atoms with Crippen LogP contribution in [0.3, 0.4) is 0 Å². The minimum absolute atomic E-state index is 0.0195. The van der Waals surface area contributed by atoms with Crippen LogP contribution in [0.2, 0.25) is 0 Å². The number of carbonyl (C=O) groups is 1. The quantitative estimate of drug-likeness (QED) is 0.647. The van der Waals surface area contributed by atoms with Crippen molar-refractivity contribution in [1.82, 2.24) is 0 Å². The largest absolute Gasteiger partial charge is 0.755 e. The van der Waals surface area contributed by atoms with Gasteiger partial charge in [0.25, 0.3) is 0 Å². The molecule has 1 aromatic heterocycles. The van der Waals surface area contributed by atoms with E-state index in [1.54, 1.807) is 37.3 Å². The highest BCUT2D eigenvalue weighted by atomic mass is 32.2. The average molecular weight is 386 g/mol. The summed E-state index contributed by atoms with van der Waals surface area (Å²) in [7, 11) is 0. The fourth-order valence-corrected chi connectivity index (χ4v) is 4.41. The van der Waals surface area contributed by atoms with E-state index < -0.39 is 17.2 Å². The number of rotatable bonds is 5. The molecule has 0 spiro atoms. The molecule has 0 radical (unpaired) electrons. The molecule has 0 bridgehead atoms. The van der Waals surface area contributed by atoms with Gasteiger partial charge in [-0.3, -0.25) is 8.51 Å². The number of para-hydroxylation sites is 1. The average Bonchev–Trinajstić information content (AvgIpc) is 3.02. The van der Waals surface area contributed by atoms with Crippen LogP contribution in [-0.2, 0) is 11.3 Å². The molecule has 3 rings (SSSR count). The van der Waals surface area contributed by atoms with Crippen LogP contribution in [0, 0.1) is 13.8 Å². The molecule has 0 aliphatic rings. The zero-order valence-electron chi connectivity index (χ0n) is 14.1. The third-order valence-electron chi connectivity index (χ3n) is 3.91. The fourth-order valence-electron chi connectivity index (χ4n) is 2.71. The van der Waals surface area contributed by atoms with Gasteiger partial charge >= 0.3 is 5.97 Å². The molecule has 1 N–H and O–H groups in total. The highest BCUT2D eigenvalue weighted by Gasteiger charge is 2.24. The van der Waals surface area contributed by atoms with Crippen molar-refractivity contribution in [2.45, 2.75) is 13.8 Å². The second kappa shape index (κ2) is 7.41. The zero-order chi connectivity index (χ0) is 18.8. The molecule has 7 heteroatoms. The lowest BCUT2D eigenvalue weighted by atomic mass is 10.1. The summed E-state index contributed by atoms with van der Waals surface area (Å²) in [4.78, 5) is 12.4. The maximum Gasteiger partial charge on any atom is 0.348 e. The topological polar surface area (TPSA) is 80.7 Å². The number of carboxylic acid groups (broad SMARTS) is 1. The summed E-state index contributed by atoms with van der Waals surface area (Å²) in [5.41, 5.74) is 3.19. The van der Waals surface area contributed by atoms with Gasteiger partial charge in [0.2, 0.25) is 0 Å². The predicted octanol–water partition coefficient (Wildman–Crippen LogP) is 4.66. The van der Waals surface area contributed by atoms with Gasteiger partial charge in [0.15, 0.2) is 0 Å². The summed E-state index contributed by atoms with van der Waals surface area (Å²) < 4.78 is 25.0. The minimum Gasteiger partial charge on any atom is -0.755 e. The standard InChI is InChI=1S/C19H17NO4S2/c1-12-6-5-8-14(10-12)17-11-16(18(25-17)19(21)22)20(26(23)24)15-9-4-3-7-13(15)2/h3-11H,1-2H3,(H,21,22)(H,23,24)/p-1. The molecular weight excluding hydrogens is 370 g/mol. The van der Waals surface area contributed by atoms with Crippen molar-refractivity contribution < 1.29 is 18.7 Å². The first kappa shape index (κ1) is 18.3. The van der Waals surface area contributed by atoms with E-state index in [9.17, 15) is 18.7 Å². The second-order valence-electron chi connectivity index (χ2n) is 5.80. The Kier molecular flexibility index (Phi) is 5.22. The van der Waals surface area contributed by atoms with Gasteiger partial charge in [-0.2, -0.15) is 0 Å². The third kappa shape index (κ3) is 3.55. The smallest absolute Gasteiger partial charge is 0.348 e. The van der Waals surface area contributed by atoms with Crippen molar-refractivity contribution in [2.75, 3.05) is 4.31 Å². The van der Waals surface area contributed by atoms with Crippen molar-refractivity contribution >= 4 is 39.9 Å². The molecule has 0 amide bonds. The van der Waals surface area contributed by atoms with E-state index in [0.29, 0.717) is 10.6 Å². The van der Waals surface area contributed by atoms with E-state index in [4.69, 9.17) is 0 Å². The second-order valence-corrected chi connectivity index (χ2v) is 7.65. The van der Waals surface area contributed by atoms with Crippen molar-refractivity contribution in [3.63, 3.8) is 0 Å². The Morgan fingerprint density at radius 2 is 1.81 bits per heavy atom. The maximum absolute atomic E-state index is 12.0. The molecule has 0 aliphatic heterocycles. The first-order chi connectivity index (χ1) is 12.4. The zero-order valence-corrected chi connectivity index (χ0v) is 15.8. The molecule has 3 aromatic rings. The molecule has 5 nitrogen and oxygen atoms in total. The Hall–Kier alpha value is -2.48. The van der Waals surface area contributed by atoms with Crippen molar-refractivity contribution in [3.8, 4) is 10.4 Å². The normalized spacial score (nSPS) is 12.0. The number of carboxylic acids is 1. The van der Waals surface area contributed by atoms with Crippen molar-refractivity contribution in [3.05, 3.63) is 70.6 Å². The summed E-state index contributed by atoms with van der Waals surface area (Å²) in [6, 6.07) is 16.2. The number of hydrogen-bond acceptors (Lipinski definition) is 4. The summed E-state index contributed by atoms with van der Waals surface area (Å²) in [6.07, 6.45) is 0. The predicted molar refractivity (Wildman–Crippen MR) is 104 cm³/mol. The molecule has 134 valence electrons. The van der Waals surface area contributed by atoms with Gasteiger partial charge < -0.3 is 9.66 Å². The summed E-state index contributed by atoms with van der Waals surface area (Å²) in [5, 5.41) is 9.61. The van der Waals surface area contributed by atoms with Crippen LogP contribution in [0.1, 0.15) is 20.8 Å². The molecule has 0 saturated carbocycles. The van der Waals surface area contributed by atoms with Gasteiger partial charge in [-0.15, -0.1) is 11.3 Å². The molecule has 2 aromatic carbocycles. The molecule has 0 aliphatic carbocycles. The number of nitrogens with zero attached hydrogens (tertiary/aromatic N) is 1.